The smallest absolute Gasteiger partial charge is 0.389 e. The summed E-state index contributed by atoms with van der Waals surface area (Å²) in [4.78, 5) is 11.5. The van der Waals surface area contributed by atoms with Gasteiger partial charge in [-0.25, -0.2) is 9.07 Å². The van der Waals surface area contributed by atoms with Gasteiger partial charge in [-0.3, -0.25) is 4.79 Å². The minimum atomic E-state index is -4.98. The van der Waals surface area contributed by atoms with E-state index in [-0.39, 0.29) is 11.5 Å². The number of alkyl halides is 3. The number of rotatable bonds is 5. The van der Waals surface area contributed by atoms with Crippen molar-refractivity contribution in [2.75, 3.05) is 5.32 Å². The number of nitrogens with zero attached hydrogens (tertiary/aromatic N) is 2. The van der Waals surface area contributed by atoms with E-state index in [0.717, 1.165) is 22.5 Å². The molecule has 1 heterocycles. The fraction of sp³-hybridized carbons (Fsp3) is 0.333. The van der Waals surface area contributed by atoms with Crippen molar-refractivity contribution in [1.29, 1.82) is 0 Å². The normalized spacial score (nSPS) is 23.1. The van der Waals surface area contributed by atoms with Gasteiger partial charge in [0.2, 0.25) is 0 Å². The van der Waals surface area contributed by atoms with Crippen LogP contribution in [-0.4, -0.2) is 32.6 Å². The van der Waals surface area contributed by atoms with Crippen molar-refractivity contribution < 1.29 is 27.5 Å². The van der Waals surface area contributed by atoms with Gasteiger partial charge in [0.1, 0.15) is 5.82 Å². The van der Waals surface area contributed by atoms with E-state index in [1.54, 1.807) is 41.2 Å². The maximum Gasteiger partial charge on any atom is 0.471 e. The number of aromatic nitrogens is 2. The van der Waals surface area contributed by atoms with E-state index in [4.69, 9.17) is 0 Å². The first-order valence-corrected chi connectivity index (χ1v) is 11.7. The van der Waals surface area contributed by atoms with Crippen molar-refractivity contribution in [3.8, 4) is 5.69 Å². The number of amides is 1. The molecule has 2 aliphatic rings. The molecule has 0 bridgehead atoms. The van der Waals surface area contributed by atoms with E-state index in [9.17, 15) is 27.5 Å². The molecule has 1 aromatic heterocycles. The van der Waals surface area contributed by atoms with Crippen molar-refractivity contribution >= 4 is 17.7 Å². The molecule has 1 amide bonds. The molecule has 0 aliphatic heterocycles. The maximum atomic E-state index is 13.4. The number of halogens is 4. The Kier molecular flexibility index (Phi) is 5.78. The zero-order valence-electron chi connectivity index (χ0n) is 19.6. The van der Waals surface area contributed by atoms with Gasteiger partial charge in [-0.15, -0.1) is 0 Å². The van der Waals surface area contributed by atoms with Gasteiger partial charge < -0.3 is 10.4 Å². The second kappa shape index (κ2) is 8.58. The number of para-hydroxylation sites is 1. The van der Waals surface area contributed by atoms with Crippen LogP contribution < -0.4 is 5.32 Å². The number of anilines is 1. The van der Waals surface area contributed by atoms with E-state index in [2.05, 4.69) is 5.10 Å². The lowest BCUT2D eigenvalue weighted by Crippen LogP contribution is -2.45. The molecule has 1 fully saturated rings. The number of carbonyl (C=O) groups is 1. The number of hydrogen-bond acceptors (Lipinski definition) is 3. The molecule has 2 aromatic carbocycles. The van der Waals surface area contributed by atoms with Crippen LogP contribution >= 0.6 is 0 Å². The van der Waals surface area contributed by atoms with Crippen molar-refractivity contribution in [1.82, 2.24) is 9.78 Å². The van der Waals surface area contributed by atoms with Gasteiger partial charge in [0.25, 0.3) is 0 Å². The van der Waals surface area contributed by atoms with Gasteiger partial charge in [0.15, 0.2) is 0 Å². The third-order valence-electron chi connectivity index (χ3n) is 7.69. The highest BCUT2D eigenvalue weighted by molar-refractivity contribution is 5.95. The molecule has 9 heteroatoms. The molecule has 0 spiro atoms. The lowest BCUT2D eigenvalue weighted by atomic mass is 9.65. The molecule has 3 aromatic rings. The van der Waals surface area contributed by atoms with Crippen molar-refractivity contribution in [2.45, 2.75) is 50.8 Å². The van der Waals surface area contributed by atoms with Gasteiger partial charge in [0, 0.05) is 11.1 Å². The molecule has 0 radical (unpaired) electrons. The fourth-order valence-electron chi connectivity index (χ4n) is 5.51. The summed E-state index contributed by atoms with van der Waals surface area (Å²) in [5.41, 5.74) is 2.65. The van der Waals surface area contributed by atoms with E-state index < -0.39 is 23.1 Å². The molecule has 2 N–H and O–H groups in total. The first kappa shape index (κ1) is 24.2. The van der Waals surface area contributed by atoms with Gasteiger partial charge in [-0.1, -0.05) is 30.7 Å². The summed E-state index contributed by atoms with van der Waals surface area (Å²) in [5, 5.41) is 18.3. The zero-order chi connectivity index (χ0) is 25.7. The number of nitrogens with one attached hydrogen (secondary N) is 1. The molecule has 2 aliphatic carbocycles. The molecule has 5 rings (SSSR count). The lowest BCUT2D eigenvalue weighted by molar-refractivity contribution is -0.167. The van der Waals surface area contributed by atoms with Crippen LogP contribution in [0.5, 0.6) is 0 Å². The molecular weight excluding hydrogens is 474 g/mol. The Labute approximate surface area is 205 Å². The topological polar surface area (TPSA) is 67.2 Å². The summed E-state index contributed by atoms with van der Waals surface area (Å²) < 4.78 is 53.4. The van der Waals surface area contributed by atoms with E-state index in [0.29, 0.717) is 37.7 Å². The average molecular weight is 500 g/mol. The Morgan fingerprint density at radius 1 is 1.17 bits per heavy atom. The first-order valence-electron chi connectivity index (χ1n) is 11.7. The molecular formula is C27H25F4N3O2. The highest BCUT2D eigenvalue weighted by Crippen LogP contribution is 2.57. The number of benzene rings is 2. The van der Waals surface area contributed by atoms with Crippen LogP contribution in [0.1, 0.15) is 43.0 Å². The minimum absolute atomic E-state index is 0.0915. The number of aliphatic hydroxyl groups is 1. The van der Waals surface area contributed by atoms with Crippen LogP contribution in [0.25, 0.3) is 11.8 Å². The number of hydrogen-bond donors (Lipinski definition) is 2. The summed E-state index contributed by atoms with van der Waals surface area (Å²) in [6.45, 7) is 2.02. The monoisotopic (exact) mass is 499 g/mol. The Bertz CT molecular complexity index is 1350. The van der Waals surface area contributed by atoms with Crippen molar-refractivity contribution in [3.05, 3.63) is 82.9 Å². The first-order chi connectivity index (χ1) is 17.0. The largest absolute Gasteiger partial charge is 0.471 e. The summed E-state index contributed by atoms with van der Waals surface area (Å²) >= 11 is 0. The van der Waals surface area contributed by atoms with E-state index in [1.165, 1.54) is 18.2 Å². The van der Waals surface area contributed by atoms with Gasteiger partial charge >= 0.3 is 12.1 Å². The Balaban J connectivity index is 1.38. The molecule has 2 atom stereocenters. The molecule has 36 heavy (non-hydrogen) atoms. The Hall–Kier alpha value is -3.46. The molecule has 0 unspecified atom stereocenters. The number of carbonyl (C=O) groups excluding carboxylic acids is 1. The summed E-state index contributed by atoms with van der Waals surface area (Å²) in [6, 6.07) is 12.4. The Morgan fingerprint density at radius 3 is 2.61 bits per heavy atom. The van der Waals surface area contributed by atoms with Crippen LogP contribution in [0, 0.1) is 11.2 Å². The number of aryl methyl sites for hydroxylation is 1. The van der Waals surface area contributed by atoms with Gasteiger partial charge in [0.05, 0.1) is 23.2 Å². The van der Waals surface area contributed by atoms with Gasteiger partial charge in [-0.05, 0) is 79.6 Å². The quantitative estimate of drug-likeness (QED) is 0.448. The highest BCUT2D eigenvalue weighted by Gasteiger charge is 2.54. The fourth-order valence-corrected chi connectivity index (χ4v) is 5.51. The summed E-state index contributed by atoms with van der Waals surface area (Å²) in [7, 11) is 0. The standard InChI is InChI=1S/C27H25F4N3O2/c1-25-15-18-16-32-34(21-8-6-20(28)7-9-21)23(18)14-19(25)11-13-26(25,36)12-10-17-4-2-3-5-22(17)33-24(35)27(29,30)31/h2-9,14,16,36H,10-13,15H2,1H3,(H,33,35)/t25-,26-/m0/s1. The summed E-state index contributed by atoms with van der Waals surface area (Å²) in [6.07, 6.45) is 1.19. The molecule has 5 nitrogen and oxygen atoms in total. The van der Waals surface area contributed by atoms with Crippen LogP contribution in [0.2, 0.25) is 0 Å². The zero-order valence-corrected chi connectivity index (χ0v) is 19.6. The third kappa shape index (κ3) is 4.11. The highest BCUT2D eigenvalue weighted by atomic mass is 19.4. The maximum absolute atomic E-state index is 13.4. The van der Waals surface area contributed by atoms with Crippen LogP contribution in [0.15, 0.2) is 60.3 Å². The second-order valence-corrected chi connectivity index (χ2v) is 9.76. The molecule has 1 saturated carbocycles. The predicted molar refractivity (Wildman–Crippen MR) is 127 cm³/mol. The third-order valence-corrected chi connectivity index (χ3v) is 7.69. The van der Waals surface area contributed by atoms with Crippen molar-refractivity contribution in [3.63, 3.8) is 0 Å². The van der Waals surface area contributed by atoms with Gasteiger partial charge in [-0.2, -0.15) is 18.3 Å². The summed E-state index contributed by atoms with van der Waals surface area (Å²) in [5.74, 6) is -2.35. The van der Waals surface area contributed by atoms with Crippen LogP contribution in [-0.2, 0) is 17.6 Å². The van der Waals surface area contributed by atoms with Crippen molar-refractivity contribution in [2.24, 2.45) is 5.41 Å². The average Bonchev–Trinajstić information content (AvgIpc) is 3.34. The Morgan fingerprint density at radius 2 is 1.89 bits per heavy atom. The van der Waals surface area contributed by atoms with E-state index >= 15 is 0 Å². The lowest BCUT2D eigenvalue weighted by Gasteiger charge is -2.42. The minimum Gasteiger partial charge on any atom is -0.389 e. The predicted octanol–water partition coefficient (Wildman–Crippen LogP) is 5.62. The van der Waals surface area contributed by atoms with Crippen LogP contribution in [0.4, 0.5) is 23.2 Å². The molecule has 0 saturated heterocycles. The van der Waals surface area contributed by atoms with Crippen LogP contribution in [0.3, 0.4) is 0 Å². The van der Waals surface area contributed by atoms with E-state index in [1.807, 2.05) is 18.3 Å². The molecule has 188 valence electrons. The number of fused-ring (bicyclic) bond motifs is 2. The SMILES string of the molecule is C[C@]12Cc3cnn(-c4ccc(F)cc4)c3C=C1CC[C@@]2(O)CCc1ccccc1NC(=O)C(F)(F)F. The second-order valence-electron chi connectivity index (χ2n) is 9.76.